The number of azo groups is 1. The van der Waals surface area contributed by atoms with E-state index in [1.165, 1.54) is 43.3 Å². The highest BCUT2D eigenvalue weighted by Crippen LogP contribution is 2.46. The van der Waals surface area contributed by atoms with Gasteiger partial charge in [0.25, 0.3) is 5.91 Å². The lowest BCUT2D eigenvalue weighted by Crippen LogP contribution is -2.13. The number of carbonyl (C=O) groups is 1. The number of anilines is 1. The molecule has 0 aliphatic carbocycles. The van der Waals surface area contributed by atoms with Crippen LogP contribution in [-0.2, 0) is 0 Å². The minimum Gasteiger partial charge on any atom is -0.496 e. The van der Waals surface area contributed by atoms with E-state index in [-0.39, 0.29) is 5.91 Å². The third kappa shape index (κ3) is 6.13. The Morgan fingerprint density at radius 1 is 0.564 bits per heavy atom. The topological polar surface area (TPSA) is 72.3 Å². The number of nitrogens with one attached hydrogen (secondary N) is 1. The Morgan fingerprint density at radius 2 is 1.16 bits per heavy atom. The van der Waals surface area contributed by atoms with Crippen LogP contribution in [0.3, 0.4) is 0 Å². The number of hydrogen-bond acceptors (Lipinski definition) is 5. The number of nitrogens with zero attached hydrogens (tertiary/aromatic N) is 2. The van der Waals surface area contributed by atoms with Gasteiger partial charge in [-0.25, -0.2) is 0 Å². The molecule has 0 bridgehead atoms. The number of benzene rings is 9. The number of ether oxygens (including phenoxy) is 2. The quantitative estimate of drug-likeness (QED) is 0.0532. The Morgan fingerprint density at radius 3 is 1.85 bits per heavy atom. The summed E-state index contributed by atoms with van der Waals surface area (Å²) in [5, 5.41) is 21.4. The molecule has 6 nitrogen and oxygen atoms in total. The molecule has 9 aromatic rings. The molecule has 1 amide bonds. The van der Waals surface area contributed by atoms with E-state index in [2.05, 4.69) is 88.3 Å². The molecule has 1 N–H and O–H groups in total. The summed E-state index contributed by atoms with van der Waals surface area (Å²) < 4.78 is 11.6. The van der Waals surface area contributed by atoms with Crippen LogP contribution < -0.4 is 14.8 Å². The summed E-state index contributed by atoms with van der Waals surface area (Å²) in [6, 6.07) is 52.9. The first-order valence-electron chi connectivity index (χ1n) is 18.2. The Kier molecular flexibility index (Phi) is 8.56. The van der Waals surface area contributed by atoms with Gasteiger partial charge in [-0.05, 0) is 113 Å². The second-order valence-corrected chi connectivity index (χ2v) is 13.7. The highest BCUT2D eigenvalue weighted by Gasteiger charge is 2.31. The van der Waals surface area contributed by atoms with Crippen molar-refractivity contribution in [2.24, 2.45) is 10.2 Å². The molecule has 0 unspecified atom stereocenters. The fourth-order valence-corrected chi connectivity index (χ4v) is 7.68. The molecule has 0 spiro atoms. The Labute approximate surface area is 319 Å². The van der Waals surface area contributed by atoms with Gasteiger partial charge in [-0.15, -0.1) is 0 Å². The third-order valence-electron chi connectivity index (χ3n) is 10.3. The average Bonchev–Trinajstić information content (AvgIpc) is 3.23. The third-order valence-corrected chi connectivity index (χ3v) is 10.3. The first kappa shape index (κ1) is 33.6. The van der Waals surface area contributed by atoms with Crippen LogP contribution in [0.2, 0.25) is 0 Å². The van der Waals surface area contributed by atoms with Crippen molar-refractivity contribution in [3.05, 3.63) is 191 Å². The Bertz CT molecular complexity index is 2850. The zero-order chi connectivity index (χ0) is 37.5. The van der Waals surface area contributed by atoms with E-state index in [9.17, 15) is 4.79 Å². The van der Waals surface area contributed by atoms with Crippen molar-refractivity contribution in [1.29, 1.82) is 0 Å². The van der Waals surface area contributed by atoms with Gasteiger partial charge in [-0.2, -0.15) is 10.2 Å². The van der Waals surface area contributed by atoms with Crippen molar-refractivity contribution in [2.45, 2.75) is 6.92 Å². The second-order valence-electron chi connectivity index (χ2n) is 13.7. The predicted molar refractivity (Wildman–Crippen MR) is 224 cm³/mol. The van der Waals surface area contributed by atoms with Gasteiger partial charge in [-0.3, -0.25) is 4.79 Å². The molecule has 0 saturated heterocycles. The maximum atomic E-state index is 13.8. The van der Waals surface area contributed by atoms with E-state index in [0.29, 0.717) is 28.4 Å². The summed E-state index contributed by atoms with van der Waals surface area (Å²) >= 11 is 0. The number of aryl methyl sites for hydroxylation is 1. The zero-order valence-corrected chi connectivity index (χ0v) is 30.6. The van der Waals surface area contributed by atoms with Crippen LogP contribution in [-0.4, -0.2) is 20.1 Å². The van der Waals surface area contributed by atoms with E-state index in [0.717, 1.165) is 33.7 Å². The zero-order valence-electron chi connectivity index (χ0n) is 30.6. The standard InChI is InChI=1S/C49H35N3O3/c1-30-16-18-35(19-17-30)51-52-36-22-20-34(21-23-36)50-49(53)33-11-4-10-32(28-33)47(44-25-24-37(54-2)29-45(44)55-3)42-26-27-43-39-13-6-9-31-8-5-12-38(46(31)39)40-14-7-15-41(42)48(40)43/h4-29H,1-3H3/p+1. The largest absolute Gasteiger partial charge is 0.496 e. The van der Waals surface area contributed by atoms with Crippen molar-refractivity contribution < 1.29 is 14.3 Å². The molecule has 0 heterocycles. The molecular weight excluding hydrogens is 679 g/mol. The lowest BCUT2D eigenvalue weighted by molar-refractivity contribution is 0.102. The highest BCUT2D eigenvalue weighted by atomic mass is 16.5. The van der Waals surface area contributed by atoms with Crippen molar-refractivity contribution in [3.8, 4) is 11.5 Å². The van der Waals surface area contributed by atoms with Crippen LogP contribution in [0.1, 0.15) is 32.6 Å². The first-order chi connectivity index (χ1) is 27.0. The van der Waals surface area contributed by atoms with Crippen molar-refractivity contribution >= 4 is 66.1 Å². The summed E-state index contributed by atoms with van der Waals surface area (Å²) in [6.45, 7) is 2.04. The number of amides is 1. The molecule has 264 valence electrons. The maximum Gasteiger partial charge on any atom is 0.261 e. The number of methoxy groups -OCH3 is 2. The minimum atomic E-state index is -0.224. The van der Waals surface area contributed by atoms with Gasteiger partial charge >= 0.3 is 0 Å². The minimum absolute atomic E-state index is 0.224. The van der Waals surface area contributed by atoms with Crippen LogP contribution in [0.4, 0.5) is 17.1 Å². The molecule has 0 fully saturated rings. The van der Waals surface area contributed by atoms with Gasteiger partial charge in [0, 0.05) is 40.0 Å². The van der Waals surface area contributed by atoms with E-state index in [4.69, 9.17) is 9.47 Å². The summed E-state index contributed by atoms with van der Waals surface area (Å²) in [4.78, 5) is 13.8. The van der Waals surface area contributed by atoms with Crippen LogP contribution in [0.25, 0.3) is 43.1 Å². The summed E-state index contributed by atoms with van der Waals surface area (Å²) in [5.74, 6) is 2.08. The molecular formula is C49H36N3O3+. The average molecular weight is 715 g/mol. The summed E-state index contributed by atoms with van der Waals surface area (Å²) in [5.41, 5.74) is 6.61. The van der Waals surface area contributed by atoms with E-state index < -0.39 is 0 Å². The number of carbonyl (C=O) groups excluding carboxylic acids is 1. The fourth-order valence-electron chi connectivity index (χ4n) is 7.68. The molecule has 55 heavy (non-hydrogen) atoms. The molecule has 0 atom stereocenters. The van der Waals surface area contributed by atoms with Gasteiger partial charge in [0.2, 0.25) is 0 Å². The predicted octanol–water partition coefficient (Wildman–Crippen LogP) is 12.7. The van der Waals surface area contributed by atoms with Crippen molar-refractivity contribution in [2.75, 3.05) is 19.5 Å². The lowest BCUT2D eigenvalue weighted by atomic mass is 9.79. The van der Waals surface area contributed by atoms with Gasteiger partial charge in [0.15, 0.2) is 5.75 Å². The SMILES string of the molecule is COc1ccc([C+](c2cccc(C(=O)Nc3ccc(N=Nc4ccc(C)cc4)cc3)c2)c2ccc3c4cccc5cccc(c6cccc2c63)c54)c(OC)c1. The normalized spacial score (nSPS) is 11.5. The van der Waals surface area contributed by atoms with Gasteiger partial charge in [-0.1, -0.05) is 66.2 Å². The molecule has 6 heteroatoms. The summed E-state index contributed by atoms with van der Waals surface area (Å²) in [6.07, 6.45) is 0. The van der Waals surface area contributed by atoms with Crippen molar-refractivity contribution in [1.82, 2.24) is 0 Å². The Hall–Kier alpha value is -7.18. The lowest BCUT2D eigenvalue weighted by Gasteiger charge is -2.20. The molecule has 0 saturated carbocycles. The second kappa shape index (κ2) is 14.0. The molecule has 9 rings (SSSR count). The molecule has 0 aliphatic heterocycles. The fraction of sp³-hybridized carbons (Fsp3) is 0.0612. The monoisotopic (exact) mass is 714 g/mol. The molecule has 0 aliphatic rings. The summed E-state index contributed by atoms with van der Waals surface area (Å²) in [7, 11) is 3.32. The number of fused-ring (bicyclic) bond motifs is 2. The molecule has 0 radical (unpaired) electrons. The maximum absolute atomic E-state index is 13.8. The Balaban J connectivity index is 1.13. The number of hydrogen-bond donors (Lipinski definition) is 1. The highest BCUT2D eigenvalue weighted by molar-refractivity contribution is 6.33. The van der Waals surface area contributed by atoms with Crippen LogP contribution in [0, 0.1) is 12.8 Å². The molecule has 9 aromatic carbocycles. The number of rotatable bonds is 9. The first-order valence-corrected chi connectivity index (χ1v) is 18.2. The van der Waals surface area contributed by atoms with Gasteiger partial charge in [0.1, 0.15) is 5.75 Å². The van der Waals surface area contributed by atoms with E-state index in [1.807, 2.05) is 91.9 Å². The van der Waals surface area contributed by atoms with Crippen LogP contribution in [0.5, 0.6) is 11.5 Å². The smallest absolute Gasteiger partial charge is 0.261 e. The van der Waals surface area contributed by atoms with Gasteiger partial charge < -0.3 is 14.8 Å². The van der Waals surface area contributed by atoms with Crippen LogP contribution >= 0.6 is 0 Å². The van der Waals surface area contributed by atoms with Gasteiger partial charge in [0.05, 0.1) is 53.8 Å². The van der Waals surface area contributed by atoms with E-state index in [1.54, 1.807) is 14.2 Å². The van der Waals surface area contributed by atoms with Crippen LogP contribution in [0.15, 0.2) is 168 Å². The van der Waals surface area contributed by atoms with E-state index >= 15 is 0 Å². The molecule has 0 aromatic heterocycles. The van der Waals surface area contributed by atoms with Crippen molar-refractivity contribution in [3.63, 3.8) is 0 Å².